The number of likely N-dealkylation sites (N-methyl/N-ethyl adjacent to an activating group) is 1. The van der Waals surface area contributed by atoms with Gasteiger partial charge in [0, 0.05) is 45.0 Å². The van der Waals surface area contributed by atoms with Gasteiger partial charge in [-0.25, -0.2) is 0 Å². The molecule has 6 heteroatoms. The fourth-order valence-corrected chi connectivity index (χ4v) is 3.98. The van der Waals surface area contributed by atoms with Crippen LogP contribution in [0.1, 0.15) is 25.3 Å². The van der Waals surface area contributed by atoms with E-state index in [4.69, 9.17) is 0 Å². The van der Waals surface area contributed by atoms with Gasteiger partial charge in [-0.05, 0) is 31.5 Å². The van der Waals surface area contributed by atoms with Gasteiger partial charge in [0.25, 0.3) is 0 Å². The Morgan fingerprint density at radius 2 is 1.96 bits per heavy atom. The molecule has 2 saturated heterocycles. The number of carbonyl (C=O) groups is 2. The highest BCUT2D eigenvalue weighted by Gasteiger charge is 2.32. The van der Waals surface area contributed by atoms with Gasteiger partial charge in [0.1, 0.15) is 0 Å². The molecule has 0 aromatic heterocycles. The fourth-order valence-electron chi connectivity index (χ4n) is 3.98. The van der Waals surface area contributed by atoms with Crippen molar-refractivity contribution in [1.29, 1.82) is 0 Å². The van der Waals surface area contributed by atoms with Crippen LogP contribution >= 0.6 is 0 Å². The Hall–Kier alpha value is -2.08. The van der Waals surface area contributed by atoms with Gasteiger partial charge in [0.2, 0.25) is 11.8 Å². The first-order valence-corrected chi connectivity index (χ1v) is 9.70. The molecule has 2 fully saturated rings. The number of anilines is 1. The third-order valence-corrected chi connectivity index (χ3v) is 5.52. The molecule has 3 rings (SSSR count). The number of nitrogens with zero attached hydrogens (tertiary/aromatic N) is 3. The Labute approximate surface area is 156 Å². The number of amides is 2. The Morgan fingerprint density at radius 1 is 1.15 bits per heavy atom. The summed E-state index contributed by atoms with van der Waals surface area (Å²) < 4.78 is 0. The number of piperazine rings is 1. The number of hydrogen-bond donors (Lipinski definition) is 1. The summed E-state index contributed by atoms with van der Waals surface area (Å²) in [6, 6.07) is 8.08. The summed E-state index contributed by atoms with van der Waals surface area (Å²) in [4.78, 5) is 31.4. The average Bonchev–Trinajstić information content (AvgIpc) is 2.90. The van der Waals surface area contributed by atoms with E-state index in [2.05, 4.69) is 46.3 Å². The highest BCUT2D eigenvalue weighted by Crippen LogP contribution is 2.21. The average molecular weight is 358 g/mol. The number of nitrogens with one attached hydrogen (secondary N) is 1. The smallest absolute Gasteiger partial charge is 0.237 e. The molecule has 1 aromatic rings. The summed E-state index contributed by atoms with van der Waals surface area (Å²) in [6.07, 6.45) is 1.23. The van der Waals surface area contributed by atoms with Gasteiger partial charge in [0.15, 0.2) is 0 Å². The second kappa shape index (κ2) is 8.54. The molecule has 2 aliphatic rings. The lowest BCUT2D eigenvalue weighted by Gasteiger charge is -2.34. The minimum atomic E-state index is -0.322. The monoisotopic (exact) mass is 358 g/mol. The lowest BCUT2D eigenvalue weighted by atomic mass is 10.1. The number of carbonyl (C=O) groups excluding carboxylic acids is 2. The minimum Gasteiger partial charge on any atom is -0.369 e. The SMILES string of the molecule is CCN1CCNC(=O)C1CC(=O)N1CCCN(c2ccccc2C)CC1. The van der Waals surface area contributed by atoms with Crippen LogP contribution in [0.5, 0.6) is 0 Å². The third kappa shape index (κ3) is 4.18. The molecule has 1 N–H and O–H groups in total. The maximum atomic E-state index is 12.8. The summed E-state index contributed by atoms with van der Waals surface area (Å²) in [5.74, 6) is 0.0833. The van der Waals surface area contributed by atoms with Crippen molar-refractivity contribution < 1.29 is 9.59 Å². The molecule has 2 heterocycles. The molecule has 142 valence electrons. The number of benzene rings is 1. The van der Waals surface area contributed by atoms with Gasteiger partial charge in [-0.2, -0.15) is 0 Å². The van der Waals surface area contributed by atoms with E-state index < -0.39 is 0 Å². The van der Waals surface area contributed by atoms with Crippen LogP contribution < -0.4 is 10.2 Å². The van der Waals surface area contributed by atoms with Gasteiger partial charge in [-0.15, -0.1) is 0 Å². The summed E-state index contributed by atoms with van der Waals surface area (Å²) in [5, 5.41) is 2.89. The molecule has 0 aliphatic carbocycles. The van der Waals surface area contributed by atoms with Crippen molar-refractivity contribution in [1.82, 2.24) is 15.1 Å². The van der Waals surface area contributed by atoms with Crippen LogP contribution in [0.15, 0.2) is 24.3 Å². The summed E-state index contributed by atoms with van der Waals surface area (Å²) in [7, 11) is 0. The Balaban J connectivity index is 1.61. The molecular weight excluding hydrogens is 328 g/mol. The summed E-state index contributed by atoms with van der Waals surface area (Å²) in [5.41, 5.74) is 2.52. The molecule has 0 radical (unpaired) electrons. The van der Waals surface area contributed by atoms with Crippen molar-refractivity contribution in [3.63, 3.8) is 0 Å². The number of aryl methyl sites for hydroxylation is 1. The van der Waals surface area contributed by atoms with Crippen molar-refractivity contribution in [2.45, 2.75) is 32.7 Å². The molecule has 0 saturated carbocycles. The molecular formula is C20H30N4O2. The van der Waals surface area contributed by atoms with Crippen molar-refractivity contribution in [2.75, 3.05) is 50.7 Å². The zero-order valence-electron chi connectivity index (χ0n) is 15.9. The summed E-state index contributed by atoms with van der Waals surface area (Å²) in [6.45, 7) is 9.74. The standard InChI is InChI=1S/C20H30N4O2/c1-3-22-12-9-21-20(26)18(22)15-19(25)24-11-6-10-23(13-14-24)17-8-5-4-7-16(17)2/h4-5,7-8,18H,3,6,9-15H2,1-2H3,(H,21,26). The normalized spacial score (nSPS) is 22.1. The van der Waals surface area contributed by atoms with E-state index >= 15 is 0 Å². The maximum absolute atomic E-state index is 12.8. The van der Waals surface area contributed by atoms with E-state index in [1.54, 1.807) is 0 Å². The van der Waals surface area contributed by atoms with Crippen LogP contribution in [-0.4, -0.2) is 73.5 Å². The van der Waals surface area contributed by atoms with Gasteiger partial charge in [0.05, 0.1) is 12.5 Å². The lowest BCUT2D eigenvalue weighted by molar-refractivity contribution is -0.138. The van der Waals surface area contributed by atoms with Crippen LogP contribution in [0.3, 0.4) is 0 Å². The predicted molar refractivity (Wildman–Crippen MR) is 103 cm³/mol. The van der Waals surface area contributed by atoms with E-state index in [0.29, 0.717) is 13.1 Å². The van der Waals surface area contributed by atoms with E-state index in [1.165, 1.54) is 11.3 Å². The van der Waals surface area contributed by atoms with E-state index in [1.807, 2.05) is 11.8 Å². The van der Waals surface area contributed by atoms with Crippen molar-refractivity contribution in [3.05, 3.63) is 29.8 Å². The Kier molecular flexibility index (Phi) is 6.14. The second-order valence-electron chi connectivity index (χ2n) is 7.15. The highest BCUT2D eigenvalue weighted by atomic mass is 16.2. The Bertz CT molecular complexity index is 648. The number of para-hydroxylation sites is 1. The number of hydrogen-bond acceptors (Lipinski definition) is 4. The number of rotatable bonds is 4. The molecule has 6 nitrogen and oxygen atoms in total. The second-order valence-corrected chi connectivity index (χ2v) is 7.15. The summed E-state index contributed by atoms with van der Waals surface area (Å²) >= 11 is 0. The first kappa shape index (κ1) is 18.7. The van der Waals surface area contributed by atoms with Gasteiger partial charge < -0.3 is 15.1 Å². The molecule has 1 aromatic carbocycles. The first-order valence-electron chi connectivity index (χ1n) is 9.70. The lowest BCUT2D eigenvalue weighted by Crippen LogP contribution is -2.56. The van der Waals surface area contributed by atoms with Crippen LogP contribution in [-0.2, 0) is 9.59 Å². The van der Waals surface area contributed by atoms with Crippen molar-refractivity contribution >= 4 is 17.5 Å². The van der Waals surface area contributed by atoms with Crippen LogP contribution in [0, 0.1) is 6.92 Å². The van der Waals surface area contributed by atoms with Crippen LogP contribution in [0.4, 0.5) is 5.69 Å². The first-order chi connectivity index (χ1) is 12.6. The third-order valence-electron chi connectivity index (χ3n) is 5.52. The highest BCUT2D eigenvalue weighted by molar-refractivity contribution is 5.88. The predicted octanol–water partition coefficient (Wildman–Crippen LogP) is 1.24. The molecule has 2 aliphatic heterocycles. The molecule has 2 amide bonds. The van der Waals surface area contributed by atoms with Gasteiger partial charge in [-0.3, -0.25) is 14.5 Å². The van der Waals surface area contributed by atoms with Crippen LogP contribution in [0.2, 0.25) is 0 Å². The van der Waals surface area contributed by atoms with Crippen molar-refractivity contribution in [2.24, 2.45) is 0 Å². The topological polar surface area (TPSA) is 55.9 Å². The van der Waals surface area contributed by atoms with Gasteiger partial charge in [-0.1, -0.05) is 25.1 Å². The quantitative estimate of drug-likeness (QED) is 0.880. The van der Waals surface area contributed by atoms with E-state index in [-0.39, 0.29) is 24.3 Å². The minimum absolute atomic E-state index is 0.0113. The Morgan fingerprint density at radius 3 is 2.73 bits per heavy atom. The largest absolute Gasteiger partial charge is 0.369 e. The molecule has 0 spiro atoms. The molecule has 1 unspecified atom stereocenters. The maximum Gasteiger partial charge on any atom is 0.237 e. The zero-order valence-corrected chi connectivity index (χ0v) is 15.9. The fraction of sp³-hybridized carbons (Fsp3) is 0.600. The van der Waals surface area contributed by atoms with E-state index in [0.717, 1.165) is 39.1 Å². The molecule has 1 atom stereocenters. The van der Waals surface area contributed by atoms with Gasteiger partial charge >= 0.3 is 0 Å². The molecule has 0 bridgehead atoms. The molecule has 26 heavy (non-hydrogen) atoms. The van der Waals surface area contributed by atoms with Crippen LogP contribution in [0.25, 0.3) is 0 Å². The zero-order chi connectivity index (χ0) is 18.5. The van der Waals surface area contributed by atoms with Crippen molar-refractivity contribution in [3.8, 4) is 0 Å². The van der Waals surface area contributed by atoms with E-state index in [9.17, 15) is 9.59 Å².